The van der Waals surface area contributed by atoms with Crippen LogP contribution in [0.15, 0.2) is 0 Å². The van der Waals surface area contributed by atoms with Gasteiger partial charge >= 0.3 is 0 Å². The van der Waals surface area contributed by atoms with Gasteiger partial charge < -0.3 is 20.2 Å². The topological polar surface area (TPSA) is 55.8 Å². The predicted molar refractivity (Wildman–Crippen MR) is 72.5 cm³/mol. The zero-order chi connectivity index (χ0) is 13.4. The van der Waals surface area contributed by atoms with E-state index in [1.54, 1.807) is 6.92 Å². The number of carbonyl (C=O) groups is 1. The number of hydrogen-bond acceptors (Lipinski definition) is 4. The number of hydrogen-bond donors (Lipinski definition) is 2. The molecular formula is C13H27N3O2. The summed E-state index contributed by atoms with van der Waals surface area (Å²) in [4.78, 5) is 16.2. The molecule has 1 rings (SSSR count). The van der Waals surface area contributed by atoms with Crippen molar-refractivity contribution in [3.8, 4) is 0 Å². The van der Waals surface area contributed by atoms with E-state index >= 15 is 0 Å². The Kier molecular flexibility index (Phi) is 7.23. The molecule has 1 amide bonds. The number of carbonyl (C=O) groups excluding carboxylic acids is 1. The van der Waals surface area contributed by atoms with Crippen molar-refractivity contribution in [1.82, 2.24) is 15.1 Å². The minimum absolute atomic E-state index is 0.0503. The van der Waals surface area contributed by atoms with Crippen molar-refractivity contribution in [3.05, 3.63) is 0 Å². The molecule has 0 spiro atoms. The predicted octanol–water partition coefficient (Wildman–Crippen LogP) is -0.0989. The molecule has 1 atom stereocenters. The fourth-order valence-electron chi connectivity index (χ4n) is 2.03. The minimum Gasteiger partial charge on any atom is -0.393 e. The van der Waals surface area contributed by atoms with Gasteiger partial charge in [0.15, 0.2) is 0 Å². The van der Waals surface area contributed by atoms with Crippen LogP contribution in [0.25, 0.3) is 0 Å². The number of nitrogens with one attached hydrogen (secondary N) is 1. The second-order valence-corrected chi connectivity index (χ2v) is 5.24. The fraction of sp³-hybridized carbons (Fsp3) is 0.923. The van der Waals surface area contributed by atoms with Crippen LogP contribution in [0, 0.1) is 0 Å². The molecule has 1 heterocycles. The number of aliphatic hydroxyl groups excluding tert-OH is 1. The average Bonchev–Trinajstić information content (AvgIpc) is 2.34. The molecular weight excluding hydrogens is 230 g/mol. The van der Waals surface area contributed by atoms with Gasteiger partial charge in [0.1, 0.15) is 0 Å². The normalized spacial score (nSPS) is 19.7. The quantitative estimate of drug-likeness (QED) is 0.626. The van der Waals surface area contributed by atoms with Crippen LogP contribution in [0.4, 0.5) is 0 Å². The van der Waals surface area contributed by atoms with Gasteiger partial charge in [0.2, 0.25) is 5.91 Å². The van der Waals surface area contributed by atoms with Gasteiger partial charge in [-0.25, -0.2) is 0 Å². The summed E-state index contributed by atoms with van der Waals surface area (Å²) in [5.41, 5.74) is 0. The van der Waals surface area contributed by atoms with E-state index in [4.69, 9.17) is 5.11 Å². The maximum absolute atomic E-state index is 11.4. The molecule has 0 aromatic heterocycles. The molecule has 1 aliphatic heterocycles. The van der Waals surface area contributed by atoms with Crippen molar-refractivity contribution in [2.45, 2.75) is 32.3 Å². The molecule has 5 nitrogen and oxygen atoms in total. The van der Waals surface area contributed by atoms with Gasteiger partial charge in [-0.2, -0.15) is 0 Å². The SMILES string of the molecule is CC(O)CCC(=O)NCCCN1CCN(C)CC1. The maximum atomic E-state index is 11.4. The molecule has 0 bridgehead atoms. The average molecular weight is 257 g/mol. The Bertz CT molecular complexity index is 238. The smallest absolute Gasteiger partial charge is 0.220 e. The van der Waals surface area contributed by atoms with E-state index < -0.39 is 0 Å². The zero-order valence-corrected chi connectivity index (χ0v) is 11.7. The summed E-state index contributed by atoms with van der Waals surface area (Å²) in [6.07, 6.45) is 1.58. The third-order valence-electron chi connectivity index (χ3n) is 3.36. The summed E-state index contributed by atoms with van der Waals surface area (Å²) < 4.78 is 0. The Morgan fingerprint density at radius 3 is 2.61 bits per heavy atom. The minimum atomic E-state index is -0.388. The highest BCUT2D eigenvalue weighted by Crippen LogP contribution is 2.00. The molecule has 0 radical (unpaired) electrons. The Morgan fingerprint density at radius 2 is 2.00 bits per heavy atom. The van der Waals surface area contributed by atoms with E-state index in [1.165, 1.54) is 0 Å². The summed E-state index contributed by atoms with van der Waals surface area (Å²) in [6, 6.07) is 0. The Labute approximate surface area is 110 Å². The fourth-order valence-corrected chi connectivity index (χ4v) is 2.03. The van der Waals surface area contributed by atoms with Crippen LogP contribution in [0.1, 0.15) is 26.2 Å². The first kappa shape index (κ1) is 15.4. The van der Waals surface area contributed by atoms with E-state index in [-0.39, 0.29) is 12.0 Å². The number of piperazine rings is 1. The Morgan fingerprint density at radius 1 is 1.33 bits per heavy atom. The summed E-state index contributed by atoms with van der Waals surface area (Å²) in [5, 5.41) is 12.0. The molecule has 0 aliphatic carbocycles. The number of nitrogens with zero attached hydrogens (tertiary/aromatic N) is 2. The highest BCUT2D eigenvalue weighted by atomic mass is 16.3. The zero-order valence-electron chi connectivity index (χ0n) is 11.7. The molecule has 2 N–H and O–H groups in total. The molecule has 5 heteroatoms. The van der Waals surface area contributed by atoms with Crippen molar-refractivity contribution in [1.29, 1.82) is 0 Å². The highest BCUT2D eigenvalue weighted by molar-refractivity contribution is 5.75. The van der Waals surface area contributed by atoms with E-state index in [1.807, 2.05) is 0 Å². The molecule has 0 aromatic carbocycles. The van der Waals surface area contributed by atoms with Crippen LogP contribution in [0.3, 0.4) is 0 Å². The molecule has 106 valence electrons. The summed E-state index contributed by atoms with van der Waals surface area (Å²) in [5.74, 6) is 0.0503. The monoisotopic (exact) mass is 257 g/mol. The van der Waals surface area contributed by atoms with Crippen molar-refractivity contribution in [3.63, 3.8) is 0 Å². The van der Waals surface area contributed by atoms with Crippen molar-refractivity contribution >= 4 is 5.91 Å². The van der Waals surface area contributed by atoms with E-state index in [9.17, 15) is 4.79 Å². The summed E-state index contributed by atoms with van der Waals surface area (Å²) >= 11 is 0. The second kappa shape index (κ2) is 8.45. The first-order valence-electron chi connectivity index (χ1n) is 6.93. The first-order chi connectivity index (χ1) is 8.58. The van der Waals surface area contributed by atoms with E-state index in [2.05, 4.69) is 22.2 Å². The standard InChI is InChI=1S/C13H27N3O2/c1-12(17)4-5-13(18)14-6-3-7-16-10-8-15(2)9-11-16/h12,17H,3-11H2,1-2H3,(H,14,18). The molecule has 1 saturated heterocycles. The number of aliphatic hydroxyl groups is 1. The van der Waals surface area contributed by atoms with Crippen molar-refractivity contribution in [2.75, 3.05) is 46.3 Å². The molecule has 1 unspecified atom stereocenters. The van der Waals surface area contributed by atoms with Gasteiger partial charge in [-0.15, -0.1) is 0 Å². The molecule has 0 aromatic rings. The molecule has 0 saturated carbocycles. The van der Waals surface area contributed by atoms with Crippen LogP contribution in [-0.2, 0) is 4.79 Å². The Balaban J connectivity index is 1.96. The van der Waals surface area contributed by atoms with Crippen LogP contribution in [-0.4, -0.2) is 73.2 Å². The van der Waals surface area contributed by atoms with Gasteiger partial charge in [0.05, 0.1) is 6.10 Å². The summed E-state index contributed by atoms with van der Waals surface area (Å²) in [6.45, 7) is 8.05. The lowest BCUT2D eigenvalue weighted by Gasteiger charge is -2.32. The van der Waals surface area contributed by atoms with Crippen LogP contribution in [0.5, 0.6) is 0 Å². The van der Waals surface area contributed by atoms with Crippen LogP contribution < -0.4 is 5.32 Å². The Hall–Kier alpha value is -0.650. The maximum Gasteiger partial charge on any atom is 0.220 e. The van der Waals surface area contributed by atoms with Crippen molar-refractivity contribution < 1.29 is 9.90 Å². The number of likely N-dealkylation sites (N-methyl/N-ethyl adjacent to an activating group) is 1. The van der Waals surface area contributed by atoms with Gasteiger partial charge in [-0.1, -0.05) is 0 Å². The highest BCUT2D eigenvalue weighted by Gasteiger charge is 2.12. The third kappa shape index (κ3) is 6.93. The summed E-state index contributed by atoms with van der Waals surface area (Å²) in [7, 11) is 2.15. The van der Waals surface area contributed by atoms with Crippen molar-refractivity contribution in [2.24, 2.45) is 0 Å². The number of amides is 1. The molecule has 1 fully saturated rings. The van der Waals surface area contributed by atoms with Gasteiger partial charge in [-0.05, 0) is 33.4 Å². The van der Waals surface area contributed by atoms with Crippen LogP contribution >= 0.6 is 0 Å². The molecule has 18 heavy (non-hydrogen) atoms. The molecule has 1 aliphatic rings. The van der Waals surface area contributed by atoms with E-state index in [0.717, 1.165) is 45.7 Å². The number of rotatable bonds is 7. The third-order valence-corrected chi connectivity index (χ3v) is 3.36. The van der Waals surface area contributed by atoms with Crippen LogP contribution in [0.2, 0.25) is 0 Å². The lowest BCUT2D eigenvalue weighted by molar-refractivity contribution is -0.121. The first-order valence-corrected chi connectivity index (χ1v) is 6.93. The second-order valence-electron chi connectivity index (χ2n) is 5.24. The van der Waals surface area contributed by atoms with Gasteiger partial charge in [0, 0.05) is 39.1 Å². The van der Waals surface area contributed by atoms with E-state index in [0.29, 0.717) is 12.8 Å². The lowest BCUT2D eigenvalue weighted by atomic mass is 10.2. The largest absolute Gasteiger partial charge is 0.393 e. The lowest BCUT2D eigenvalue weighted by Crippen LogP contribution is -2.45. The van der Waals surface area contributed by atoms with Gasteiger partial charge in [-0.3, -0.25) is 4.79 Å². The van der Waals surface area contributed by atoms with Gasteiger partial charge in [0.25, 0.3) is 0 Å².